The second-order valence-electron chi connectivity index (χ2n) is 4.74. The number of aromatic nitrogens is 1. The Balaban J connectivity index is 2.23. The molecule has 0 amide bonds. The third kappa shape index (κ3) is 2.22. The molecule has 0 aliphatic rings. The molecule has 0 unspecified atom stereocenters. The summed E-state index contributed by atoms with van der Waals surface area (Å²) in [6, 6.07) is 14.6. The van der Waals surface area contributed by atoms with E-state index >= 15 is 0 Å². The molecule has 0 aliphatic carbocycles. The number of halogens is 1. The van der Waals surface area contributed by atoms with E-state index in [1.165, 1.54) is 22.2 Å². The molecule has 102 valence electrons. The molecule has 3 rings (SSSR count). The van der Waals surface area contributed by atoms with Gasteiger partial charge in [0.05, 0.1) is 12.6 Å². The number of methoxy groups -OCH3 is 1. The lowest BCUT2D eigenvalue weighted by Crippen LogP contribution is -1.91. The second-order valence-corrected chi connectivity index (χ2v) is 5.65. The predicted molar refractivity (Wildman–Crippen MR) is 86.9 cm³/mol. The number of aryl methyl sites for hydroxylation is 1. The molecule has 0 fully saturated rings. The van der Waals surface area contributed by atoms with Crippen LogP contribution in [0.25, 0.3) is 16.6 Å². The van der Waals surface area contributed by atoms with Crippen molar-refractivity contribution in [1.29, 1.82) is 0 Å². The fourth-order valence-corrected chi connectivity index (χ4v) is 2.77. The molecular weight excluding hydrogens is 314 g/mol. The van der Waals surface area contributed by atoms with Gasteiger partial charge in [-0.15, -0.1) is 0 Å². The van der Waals surface area contributed by atoms with E-state index < -0.39 is 0 Å². The van der Waals surface area contributed by atoms with E-state index in [0.717, 1.165) is 16.6 Å². The zero-order valence-electron chi connectivity index (χ0n) is 11.6. The highest BCUT2D eigenvalue weighted by Crippen LogP contribution is 2.29. The summed E-state index contributed by atoms with van der Waals surface area (Å²) in [5.74, 6) is 0.903. The van der Waals surface area contributed by atoms with Crippen molar-refractivity contribution in [1.82, 2.24) is 4.57 Å². The third-order valence-corrected chi connectivity index (χ3v) is 4.11. The van der Waals surface area contributed by atoms with Gasteiger partial charge in [0.1, 0.15) is 5.75 Å². The van der Waals surface area contributed by atoms with Gasteiger partial charge in [-0.3, -0.25) is 0 Å². The summed E-state index contributed by atoms with van der Waals surface area (Å²) in [5.41, 5.74) is 3.72. The minimum absolute atomic E-state index is 0.903. The molecule has 0 saturated heterocycles. The van der Waals surface area contributed by atoms with Gasteiger partial charge in [-0.25, -0.2) is 0 Å². The summed E-state index contributed by atoms with van der Waals surface area (Å²) in [6.07, 6.45) is 3.22. The van der Waals surface area contributed by atoms with Crippen molar-refractivity contribution in [3.63, 3.8) is 0 Å². The van der Waals surface area contributed by atoms with Crippen molar-refractivity contribution in [3.8, 4) is 11.4 Å². The number of hydrogen-bond acceptors (Lipinski definition) is 1. The Kier molecular flexibility index (Phi) is 3.53. The quantitative estimate of drug-likeness (QED) is 0.662. The van der Waals surface area contributed by atoms with Gasteiger partial charge in [-0.1, -0.05) is 22.9 Å². The normalized spacial score (nSPS) is 10.9. The van der Waals surface area contributed by atoms with Crippen LogP contribution in [0.2, 0.25) is 0 Å². The smallest absolute Gasteiger partial charge is 0.119 e. The molecule has 1 heterocycles. The van der Waals surface area contributed by atoms with Crippen LogP contribution in [0, 0.1) is 0 Å². The highest BCUT2D eigenvalue weighted by molar-refractivity contribution is 9.10. The van der Waals surface area contributed by atoms with Gasteiger partial charge in [0.25, 0.3) is 0 Å². The first-order chi connectivity index (χ1) is 9.72. The Morgan fingerprint density at radius 3 is 2.50 bits per heavy atom. The van der Waals surface area contributed by atoms with Crippen molar-refractivity contribution in [2.45, 2.75) is 13.3 Å². The van der Waals surface area contributed by atoms with E-state index in [-0.39, 0.29) is 0 Å². The standard InChI is InChI=1S/C17H16BrNO/c1-3-12-11-19(14-6-4-13(18)5-7-14)17-9-8-15(20-2)10-16(12)17/h4-11H,3H2,1-2H3. The monoisotopic (exact) mass is 329 g/mol. The van der Waals surface area contributed by atoms with Gasteiger partial charge in [0.15, 0.2) is 0 Å². The van der Waals surface area contributed by atoms with Crippen LogP contribution >= 0.6 is 15.9 Å². The molecule has 3 heteroatoms. The largest absolute Gasteiger partial charge is 0.497 e. The fraction of sp³-hybridized carbons (Fsp3) is 0.176. The van der Waals surface area contributed by atoms with Gasteiger partial charge in [-0.05, 0) is 54.4 Å². The molecule has 1 aromatic heterocycles. The van der Waals surface area contributed by atoms with Crippen LogP contribution in [0.15, 0.2) is 53.1 Å². The molecule has 0 bridgehead atoms. The first kappa shape index (κ1) is 13.3. The molecule has 0 atom stereocenters. The highest BCUT2D eigenvalue weighted by Gasteiger charge is 2.09. The summed E-state index contributed by atoms with van der Waals surface area (Å²) in [4.78, 5) is 0. The van der Waals surface area contributed by atoms with Crippen molar-refractivity contribution in [3.05, 3.63) is 58.7 Å². The maximum Gasteiger partial charge on any atom is 0.119 e. The lowest BCUT2D eigenvalue weighted by molar-refractivity contribution is 0.415. The van der Waals surface area contributed by atoms with E-state index in [4.69, 9.17) is 4.74 Å². The number of fused-ring (bicyclic) bond motifs is 1. The third-order valence-electron chi connectivity index (χ3n) is 3.58. The summed E-state index contributed by atoms with van der Waals surface area (Å²) in [6.45, 7) is 2.18. The number of rotatable bonds is 3. The second kappa shape index (κ2) is 5.33. The molecule has 3 aromatic rings. The van der Waals surface area contributed by atoms with Crippen LogP contribution < -0.4 is 4.74 Å². The molecule has 0 N–H and O–H groups in total. The van der Waals surface area contributed by atoms with Crippen LogP contribution in [-0.4, -0.2) is 11.7 Å². The van der Waals surface area contributed by atoms with Crippen molar-refractivity contribution in [2.75, 3.05) is 7.11 Å². The minimum atomic E-state index is 0.903. The van der Waals surface area contributed by atoms with Crippen molar-refractivity contribution >= 4 is 26.8 Å². The Labute approximate surface area is 127 Å². The van der Waals surface area contributed by atoms with Crippen LogP contribution in [-0.2, 0) is 6.42 Å². The molecular formula is C17H16BrNO. The lowest BCUT2D eigenvalue weighted by atomic mass is 10.1. The van der Waals surface area contributed by atoms with Gasteiger partial charge in [0.2, 0.25) is 0 Å². The van der Waals surface area contributed by atoms with E-state index in [1.54, 1.807) is 7.11 Å². The van der Waals surface area contributed by atoms with Gasteiger partial charge < -0.3 is 9.30 Å². The topological polar surface area (TPSA) is 14.2 Å². The van der Waals surface area contributed by atoms with Gasteiger partial charge in [0, 0.05) is 21.7 Å². The van der Waals surface area contributed by atoms with Gasteiger partial charge in [-0.2, -0.15) is 0 Å². The van der Waals surface area contributed by atoms with Crippen LogP contribution in [0.4, 0.5) is 0 Å². The lowest BCUT2D eigenvalue weighted by Gasteiger charge is -2.06. The Bertz CT molecular complexity index is 744. The molecule has 20 heavy (non-hydrogen) atoms. The number of hydrogen-bond donors (Lipinski definition) is 0. The SMILES string of the molecule is CCc1cn(-c2ccc(Br)cc2)c2ccc(OC)cc12. The molecule has 0 saturated carbocycles. The molecule has 2 nitrogen and oxygen atoms in total. The maximum absolute atomic E-state index is 5.34. The average Bonchev–Trinajstić information content (AvgIpc) is 2.86. The molecule has 0 aliphatic heterocycles. The van der Waals surface area contributed by atoms with E-state index in [9.17, 15) is 0 Å². The Morgan fingerprint density at radius 2 is 1.85 bits per heavy atom. The van der Waals surface area contributed by atoms with Crippen molar-refractivity contribution < 1.29 is 4.74 Å². The fourth-order valence-electron chi connectivity index (χ4n) is 2.50. The van der Waals surface area contributed by atoms with Crippen LogP contribution in [0.3, 0.4) is 0 Å². The van der Waals surface area contributed by atoms with E-state index in [0.29, 0.717) is 0 Å². The first-order valence-corrected chi connectivity index (χ1v) is 7.46. The number of benzene rings is 2. The summed E-state index contributed by atoms with van der Waals surface area (Å²) >= 11 is 3.48. The minimum Gasteiger partial charge on any atom is -0.497 e. The molecule has 2 aromatic carbocycles. The van der Waals surface area contributed by atoms with Crippen LogP contribution in [0.1, 0.15) is 12.5 Å². The Hall–Kier alpha value is -1.74. The highest BCUT2D eigenvalue weighted by atomic mass is 79.9. The number of ether oxygens (including phenoxy) is 1. The Morgan fingerprint density at radius 1 is 1.10 bits per heavy atom. The zero-order chi connectivity index (χ0) is 14.1. The molecule has 0 spiro atoms. The first-order valence-electron chi connectivity index (χ1n) is 6.67. The number of nitrogens with zero attached hydrogens (tertiary/aromatic N) is 1. The molecule has 0 radical (unpaired) electrons. The van der Waals surface area contributed by atoms with E-state index in [1.807, 2.05) is 6.07 Å². The summed E-state index contributed by atoms with van der Waals surface area (Å²) in [7, 11) is 1.71. The summed E-state index contributed by atoms with van der Waals surface area (Å²) < 4.78 is 8.67. The predicted octanol–water partition coefficient (Wildman–Crippen LogP) is 4.96. The van der Waals surface area contributed by atoms with Gasteiger partial charge >= 0.3 is 0 Å². The van der Waals surface area contributed by atoms with E-state index in [2.05, 4.69) is 70.0 Å². The zero-order valence-corrected chi connectivity index (χ0v) is 13.1. The summed E-state index contributed by atoms with van der Waals surface area (Å²) in [5, 5.41) is 1.26. The maximum atomic E-state index is 5.34. The van der Waals surface area contributed by atoms with Crippen LogP contribution in [0.5, 0.6) is 5.75 Å². The van der Waals surface area contributed by atoms with Crippen molar-refractivity contribution in [2.24, 2.45) is 0 Å². The average molecular weight is 330 g/mol.